The molecule has 0 fully saturated rings. The Morgan fingerprint density at radius 2 is 0.781 bits per heavy atom. The fourth-order valence-corrected chi connectivity index (χ4v) is 9.00. The zero-order valence-electron chi connectivity index (χ0n) is 44.4. The lowest BCUT2D eigenvalue weighted by atomic mass is 9.97. The zero-order valence-corrected chi connectivity index (χ0v) is 34.4. The average Bonchev–Trinajstić information content (AvgIpc) is 3.78. The van der Waals surface area contributed by atoms with Crippen LogP contribution in [0.3, 0.4) is 0 Å². The maximum atomic E-state index is 8.58. The van der Waals surface area contributed by atoms with E-state index in [4.69, 9.17) is 13.7 Å². The minimum Gasteiger partial charge on any atom is -0.310 e. The van der Waals surface area contributed by atoms with Crippen LogP contribution in [0.5, 0.6) is 0 Å². The van der Waals surface area contributed by atoms with Crippen LogP contribution in [0.25, 0.3) is 93.5 Å². The highest BCUT2D eigenvalue weighted by Crippen LogP contribution is 2.41. The first kappa shape index (κ1) is 28.2. The number of nitrogens with zero attached hydrogens (tertiary/aromatic N) is 2. The molecular formula is C62H42N2. The molecule has 0 atom stereocenters. The molecule has 64 heavy (non-hydrogen) atoms. The van der Waals surface area contributed by atoms with Crippen LogP contribution in [-0.4, -0.2) is 4.57 Å². The van der Waals surface area contributed by atoms with Crippen LogP contribution in [-0.2, 0) is 0 Å². The number of hydrogen-bond acceptors (Lipinski definition) is 1. The maximum absolute atomic E-state index is 8.58. The first-order valence-electron chi connectivity index (χ1n) is 26.2. The summed E-state index contributed by atoms with van der Waals surface area (Å²) in [7, 11) is 0. The van der Waals surface area contributed by atoms with Crippen molar-refractivity contribution in [3.63, 3.8) is 0 Å². The summed E-state index contributed by atoms with van der Waals surface area (Å²) in [5.74, 6) is 0. The Balaban J connectivity index is 0.895. The van der Waals surface area contributed by atoms with Gasteiger partial charge in [0, 0.05) is 38.9 Å². The summed E-state index contributed by atoms with van der Waals surface area (Å²) in [4.78, 5) is 2.02. The average molecular weight is 825 g/mol. The van der Waals surface area contributed by atoms with Gasteiger partial charge in [-0.25, -0.2) is 0 Å². The molecule has 0 spiro atoms. The lowest BCUT2D eigenvalue weighted by Gasteiger charge is -2.26. The Kier molecular flexibility index (Phi) is 6.95. The highest BCUT2D eigenvalue weighted by atomic mass is 15.1. The number of fused-ring (bicyclic) bond motifs is 6. The van der Waals surface area contributed by atoms with Crippen molar-refractivity contribution in [3.8, 4) is 50.2 Å². The predicted octanol–water partition coefficient (Wildman–Crippen LogP) is 17.2. The molecule has 0 radical (unpaired) electrons. The van der Waals surface area contributed by atoms with E-state index in [-0.39, 0.29) is 35.3 Å². The molecule has 0 aliphatic rings. The Morgan fingerprint density at radius 3 is 1.44 bits per heavy atom. The second-order valence-corrected chi connectivity index (χ2v) is 15.8. The van der Waals surface area contributed by atoms with Crippen LogP contribution in [0.15, 0.2) is 255 Å². The van der Waals surface area contributed by atoms with Crippen molar-refractivity contribution in [2.45, 2.75) is 0 Å². The minimum absolute atomic E-state index is 0.104. The zero-order chi connectivity index (χ0) is 51.1. The van der Waals surface area contributed by atoms with Gasteiger partial charge in [-0.3, -0.25) is 0 Å². The molecule has 2 heteroatoms. The second-order valence-electron chi connectivity index (χ2n) is 15.8. The lowest BCUT2D eigenvalue weighted by Crippen LogP contribution is -2.09. The van der Waals surface area contributed by atoms with E-state index in [1.807, 2.05) is 41.3 Å². The van der Waals surface area contributed by atoms with E-state index < -0.39 is 36.3 Å². The Morgan fingerprint density at radius 1 is 0.312 bits per heavy atom. The summed E-state index contributed by atoms with van der Waals surface area (Å²) in [5, 5.41) is 6.84. The molecular weight excluding hydrogens is 773 g/mol. The fourth-order valence-electron chi connectivity index (χ4n) is 9.00. The van der Waals surface area contributed by atoms with E-state index in [9.17, 15) is 0 Å². The smallest absolute Gasteiger partial charge is 0.0629 e. The first-order valence-corrected chi connectivity index (χ1v) is 21.2. The van der Waals surface area contributed by atoms with Crippen LogP contribution in [0, 0.1) is 0 Å². The summed E-state index contributed by atoms with van der Waals surface area (Å²) < 4.78 is 85.8. The molecule has 2 nitrogen and oxygen atoms in total. The largest absolute Gasteiger partial charge is 0.310 e. The summed E-state index contributed by atoms with van der Waals surface area (Å²) in [6.07, 6.45) is 0. The van der Waals surface area contributed by atoms with Crippen molar-refractivity contribution in [1.29, 1.82) is 0 Å². The summed E-state index contributed by atoms with van der Waals surface area (Å²) in [5.41, 5.74) is 11.2. The van der Waals surface area contributed by atoms with Crippen molar-refractivity contribution >= 4 is 60.4 Å². The molecule has 0 saturated heterocycles. The van der Waals surface area contributed by atoms with Gasteiger partial charge in [0.05, 0.1) is 24.7 Å². The Labute approximate surface area is 387 Å². The summed E-state index contributed by atoms with van der Waals surface area (Å²) >= 11 is 0. The standard InChI is InChI=1S/C62H42N2/c1-4-12-43(13-5-1)45-26-33-55(34-27-45)63(56-35-28-46(29-36-56)44-14-6-2-7-15-44)57-37-30-51-40-50(24-25-52(51)41-57)47-20-22-48(23-21-47)53-32-38-59-60-39-31-49-16-10-11-19-58(49)62(60)64(61(59)42-53)54-17-8-3-9-18-54/h1-42H/i1D,2D,4D,5D,6D,7D,12D,13D,14D,15D. The van der Waals surface area contributed by atoms with Gasteiger partial charge in [-0.15, -0.1) is 0 Å². The predicted molar refractivity (Wildman–Crippen MR) is 272 cm³/mol. The third kappa shape index (κ3) is 6.70. The van der Waals surface area contributed by atoms with Crippen molar-refractivity contribution in [2.24, 2.45) is 0 Å². The summed E-state index contributed by atoms with van der Waals surface area (Å²) in [6.45, 7) is 0. The first-order chi connectivity index (χ1) is 35.9. The molecule has 0 bridgehead atoms. The molecule has 0 aliphatic carbocycles. The van der Waals surface area contributed by atoms with Gasteiger partial charge in [-0.1, -0.05) is 194 Å². The Bertz CT molecular complexity index is 4060. The number of para-hydroxylation sites is 1. The van der Waals surface area contributed by atoms with Gasteiger partial charge in [-0.05, 0) is 121 Å². The quantitative estimate of drug-likeness (QED) is 0.148. The van der Waals surface area contributed by atoms with Crippen LogP contribution < -0.4 is 4.90 Å². The van der Waals surface area contributed by atoms with Crippen LogP contribution in [0.2, 0.25) is 0 Å². The van der Waals surface area contributed by atoms with Gasteiger partial charge in [-0.2, -0.15) is 0 Å². The lowest BCUT2D eigenvalue weighted by molar-refractivity contribution is 1.19. The molecule has 11 aromatic carbocycles. The molecule has 1 aromatic heterocycles. The van der Waals surface area contributed by atoms with E-state index in [1.165, 1.54) is 27.1 Å². The molecule has 0 N–H and O–H groups in total. The third-order valence-electron chi connectivity index (χ3n) is 12.1. The second kappa shape index (κ2) is 15.8. The minimum atomic E-state index is -0.456. The molecule has 12 rings (SSSR count). The monoisotopic (exact) mass is 824 g/mol. The highest BCUT2D eigenvalue weighted by molar-refractivity contribution is 6.19. The van der Waals surface area contributed by atoms with E-state index in [2.05, 4.69) is 138 Å². The molecule has 12 aromatic rings. The third-order valence-corrected chi connectivity index (χ3v) is 12.1. The van der Waals surface area contributed by atoms with E-state index in [0.717, 1.165) is 49.9 Å². The number of anilines is 3. The van der Waals surface area contributed by atoms with Crippen LogP contribution in [0.4, 0.5) is 17.1 Å². The number of benzene rings is 11. The SMILES string of the molecule is [2H]c1c([2H])c([2H])c(-c2ccc(N(c3ccc(-c4c([2H])c([2H])c([2H])c([2H])c4[2H])cc3)c3ccc4cc(-c5ccc(-c6ccc7c8ccc9ccccc9c8n(-c8ccccc8)c7c6)cc5)ccc4c3)cc2)c([2H])c1[2H]. The number of rotatable bonds is 8. The number of hydrogen-bond donors (Lipinski definition) is 0. The molecule has 0 aliphatic heterocycles. The normalized spacial score (nSPS) is 13.6. The highest BCUT2D eigenvalue weighted by Gasteiger charge is 2.17. The Hall–Kier alpha value is -8.46. The maximum Gasteiger partial charge on any atom is 0.0629 e. The van der Waals surface area contributed by atoms with Crippen molar-refractivity contribution in [1.82, 2.24) is 4.57 Å². The van der Waals surface area contributed by atoms with Gasteiger partial charge < -0.3 is 9.47 Å². The van der Waals surface area contributed by atoms with Crippen molar-refractivity contribution in [3.05, 3.63) is 255 Å². The number of aromatic nitrogens is 1. The van der Waals surface area contributed by atoms with Gasteiger partial charge in [0.1, 0.15) is 0 Å². The van der Waals surface area contributed by atoms with Crippen LogP contribution in [0.1, 0.15) is 13.7 Å². The van der Waals surface area contributed by atoms with Gasteiger partial charge in [0.15, 0.2) is 0 Å². The van der Waals surface area contributed by atoms with E-state index in [0.29, 0.717) is 22.5 Å². The molecule has 0 unspecified atom stereocenters. The topological polar surface area (TPSA) is 8.17 Å². The van der Waals surface area contributed by atoms with E-state index in [1.54, 1.807) is 24.3 Å². The fraction of sp³-hybridized carbons (Fsp3) is 0. The van der Waals surface area contributed by atoms with Gasteiger partial charge >= 0.3 is 0 Å². The van der Waals surface area contributed by atoms with E-state index >= 15 is 0 Å². The molecule has 300 valence electrons. The summed E-state index contributed by atoms with van der Waals surface area (Å²) in [6, 6.07) is 62.1. The van der Waals surface area contributed by atoms with Crippen molar-refractivity contribution < 1.29 is 13.7 Å². The van der Waals surface area contributed by atoms with Crippen LogP contribution >= 0.6 is 0 Å². The van der Waals surface area contributed by atoms with Gasteiger partial charge in [0.2, 0.25) is 0 Å². The molecule has 1 heterocycles. The van der Waals surface area contributed by atoms with Crippen molar-refractivity contribution in [2.75, 3.05) is 4.90 Å². The van der Waals surface area contributed by atoms with Gasteiger partial charge in [0.25, 0.3) is 0 Å². The molecule has 0 saturated carbocycles. The molecule has 0 amide bonds.